The zero-order valence-corrected chi connectivity index (χ0v) is 12.6. The van der Waals surface area contributed by atoms with Gasteiger partial charge in [-0.1, -0.05) is 25.2 Å². The molecule has 20 heavy (non-hydrogen) atoms. The van der Waals surface area contributed by atoms with E-state index < -0.39 is 10.0 Å². The van der Waals surface area contributed by atoms with E-state index in [9.17, 15) is 8.42 Å². The SMILES string of the molecule is CCCCNS(=O)(=O)c1ccc(OC)c(C#CCN)c1. The third-order valence-electron chi connectivity index (χ3n) is 2.63. The molecule has 0 unspecified atom stereocenters. The van der Waals surface area contributed by atoms with E-state index in [0.717, 1.165) is 12.8 Å². The molecule has 0 saturated carbocycles. The second-order valence-corrected chi connectivity index (χ2v) is 5.89. The van der Waals surface area contributed by atoms with Gasteiger partial charge >= 0.3 is 0 Å². The number of ether oxygens (including phenoxy) is 1. The largest absolute Gasteiger partial charge is 0.495 e. The summed E-state index contributed by atoms with van der Waals surface area (Å²) in [6.45, 7) is 2.63. The van der Waals surface area contributed by atoms with E-state index in [1.165, 1.54) is 19.2 Å². The van der Waals surface area contributed by atoms with E-state index in [0.29, 0.717) is 17.9 Å². The summed E-state index contributed by atoms with van der Waals surface area (Å²) < 4.78 is 31.9. The molecule has 0 amide bonds. The predicted octanol–water partition coefficient (Wildman–Crippen LogP) is 1.08. The highest BCUT2D eigenvalue weighted by Gasteiger charge is 2.15. The van der Waals surface area contributed by atoms with Gasteiger partial charge in [0.05, 0.1) is 24.1 Å². The molecule has 3 N–H and O–H groups in total. The molecule has 0 atom stereocenters. The molecule has 1 rings (SSSR count). The first-order valence-corrected chi connectivity index (χ1v) is 7.90. The summed E-state index contributed by atoms with van der Waals surface area (Å²) >= 11 is 0. The molecule has 1 aromatic rings. The molecular weight excluding hydrogens is 276 g/mol. The Hall–Kier alpha value is -1.55. The second-order valence-electron chi connectivity index (χ2n) is 4.12. The van der Waals surface area contributed by atoms with E-state index in [1.807, 2.05) is 6.92 Å². The van der Waals surface area contributed by atoms with E-state index in [-0.39, 0.29) is 11.4 Å². The highest BCUT2D eigenvalue weighted by molar-refractivity contribution is 7.89. The lowest BCUT2D eigenvalue weighted by Crippen LogP contribution is -2.24. The molecule has 0 heterocycles. The fraction of sp³-hybridized carbons (Fsp3) is 0.429. The number of rotatable bonds is 6. The van der Waals surface area contributed by atoms with Gasteiger partial charge in [-0.3, -0.25) is 0 Å². The quantitative estimate of drug-likeness (QED) is 0.608. The molecule has 0 fully saturated rings. The van der Waals surface area contributed by atoms with Crippen LogP contribution in [-0.4, -0.2) is 28.6 Å². The van der Waals surface area contributed by atoms with E-state index in [4.69, 9.17) is 10.5 Å². The van der Waals surface area contributed by atoms with Gasteiger partial charge in [-0.15, -0.1) is 0 Å². The number of hydrogen-bond acceptors (Lipinski definition) is 4. The van der Waals surface area contributed by atoms with E-state index >= 15 is 0 Å². The number of nitrogens with one attached hydrogen (secondary N) is 1. The van der Waals surface area contributed by atoms with Crippen molar-refractivity contribution in [2.75, 3.05) is 20.2 Å². The van der Waals surface area contributed by atoms with Gasteiger partial charge in [-0.05, 0) is 24.6 Å². The Labute approximate surface area is 120 Å². The Morgan fingerprint density at radius 1 is 1.40 bits per heavy atom. The molecule has 0 spiro atoms. The van der Waals surface area contributed by atoms with Crippen molar-refractivity contribution in [1.29, 1.82) is 0 Å². The van der Waals surface area contributed by atoms with Crippen molar-refractivity contribution in [3.8, 4) is 17.6 Å². The van der Waals surface area contributed by atoms with Gasteiger partial charge in [0.1, 0.15) is 5.75 Å². The summed E-state index contributed by atoms with van der Waals surface area (Å²) in [5.74, 6) is 6.03. The molecule has 5 nitrogen and oxygen atoms in total. The number of methoxy groups -OCH3 is 1. The third kappa shape index (κ3) is 4.53. The topological polar surface area (TPSA) is 81.4 Å². The number of sulfonamides is 1. The molecule has 6 heteroatoms. The summed E-state index contributed by atoms with van der Waals surface area (Å²) in [5, 5.41) is 0. The van der Waals surface area contributed by atoms with Crippen LogP contribution in [0, 0.1) is 11.8 Å². The number of nitrogens with two attached hydrogens (primary N) is 1. The van der Waals surface area contributed by atoms with Crippen LogP contribution >= 0.6 is 0 Å². The molecule has 0 radical (unpaired) electrons. The first-order chi connectivity index (χ1) is 9.55. The van der Waals surface area contributed by atoms with Crippen LogP contribution in [0.15, 0.2) is 23.1 Å². The average Bonchev–Trinajstić information content (AvgIpc) is 2.44. The maximum atomic E-state index is 12.1. The van der Waals surface area contributed by atoms with Crippen LogP contribution in [0.2, 0.25) is 0 Å². The molecule has 0 aliphatic heterocycles. The standard InChI is InChI=1S/C14H20N2O3S/c1-3-4-10-16-20(17,18)13-7-8-14(19-2)12(11-13)6-5-9-15/h7-8,11,16H,3-4,9-10,15H2,1-2H3. The summed E-state index contributed by atoms with van der Waals surface area (Å²) in [5.41, 5.74) is 5.84. The zero-order chi connectivity index (χ0) is 15.0. The highest BCUT2D eigenvalue weighted by Crippen LogP contribution is 2.21. The summed E-state index contributed by atoms with van der Waals surface area (Å²) in [6.07, 6.45) is 1.73. The van der Waals surface area contributed by atoms with E-state index in [1.54, 1.807) is 6.07 Å². The van der Waals surface area contributed by atoms with Crippen molar-refractivity contribution in [1.82, 2.24) is 4.72 Å². The van der Waals surface area contributed by atoms with Crippen LogP contribution in [0.4, 0.5) is 0 Å². The van der Waals surface area contributed by atoms with Crippen LogP contribution in [0.25, 0.3) is 0 Å². The van der Waals surface area contributed by atoms with Crippen LogP contribution in [0.3, 0.4) is 0 Å². The van der Waals surface area contributed by atoms with Crippen molar-refractivity contribution >= 4 is 10.0 Å². The first kappa shape index (κ1) is 16.5. The summed E-state index contributed by atoms with van der Waals surface area (Å²) in [6, 6.07) is 4.59. The van der Waals surface area contributed by atoms with Crippen molar-refractivity contribution in [3.05, 3.63) is 23.8 Å². The Kier molecular flexibility index (Phi) is 6.52. The van der Waals surface area contributed by atoms with Gasteiger partial charge < -0.3 is 10.5 Å². The molecule has 0 aromatic heterocycles. The lowest BCUT2D eigenvalue weighted by Gasteiger charge is -2.09. The van der Waals surface area contributed by atoms with Crippen molar-refractivity contribution in [2.45, 2.75) is 24.7 Å². The predicted molar refractivity (Wildman–Crippen MR) is 79.0 cm³/mol. The zero-order valence-electron chi connectivity index (χ0n) is 11.8. The van der Waals surface area contributed by atoms with Gasteiger partial charge in [-0.2, -0.15) is 0 Å². The molecule has 110 valence electrons. The minimum absolute atomic E-state index is 0.177. The first-order valence-electron chi connectivity index (χ1n) is 6.41. The molecule has 0 aliphatic rings. The van der Waals surface area contributed by atoms with E-state index in [2.05, 4.69) is 16.6 Å². The van der Waals surface area contributed by atoms with Gasteiger partial charge in [0.15, 0.2) is 0 Å². The minimum Gasteiger partial charge on any atom is -0.495 e. The monoisotopic (exact) mass is 296 g/mol. The van der Waals surface area contributed by atoms with Crippen LogP contribution in [0.1, 0.15) is 25.3 Å². The number of benzene rings is 1. The van der Waals surface area contributed by atoms with Crippen molar-refractivity contribution in [2.24, 2.45) is 5.73 Å². The van der Waals surface area contributed by atoms with Crippen LogP contribution in [0.5, 0.6) is 5.75 Å². The summed E-state index contributed by atoms with van der Waals surface area (Å²) in [4.78, 5) is 0.177. The minimum atomic E-state index is -3.51. The second kappa shape index (κ2) is 7.90. The van der Waals surface area contributed by atoms with Crippen molar-refractivity contribution < 1.29 is 13.2 Å². The fourth-order valence-electron chi connectivity index (χ4n) is 1.56. The Bertz CT molecular complexity index is 601. The lowest BCUT2D eigenvalue weighted by molar-refractivity contribution is 0.413. The Morgan fingerprint density at radius 2 is 2.15 bits per heavy atom. The number of unbranched alkanes of at least 4 members (excludes halogenated alkanes) is 1. The van der Waals surface area contributed by atoms with Crippen molar-refractivity contribution in [3.63, 3.8) is 0 Å². The maximum Gasteiger partial charge on any atom is 0.240 e. The maximum absolute atomic E-state index is 12.1. The molecular formula is C14H20N2O3S. The smallest absolute Gasteiger partial charge is 0.240 e. The Morgan fingerprint density at radius 3 is 2.75 bits per heavy atom. The summed E-state index contributed by atoms with van der Waals surface area (Å²) in [7, 11) is -2.00. The van der Waals surface area contributed by atoms with Gasteiger partial charge in [-0.25, -0.2) is 13.1 Å². The average molecular weight is 296 g/mol. The van der Waals surface area contributed by atoms with Crippen LogP contribution < -0.4 is 15.2 Å². The molecule has 0 bridgehead atoms. The van der Waals surface area contributed by atoms with Gasteiger partial charge in [0.2, 0.25) is 10.0 Å². The van der Waals surface area contributed by atoms with Gasteiger partial charge in [0.25, 0.3) is 0 Å². The molecule has 1 aromatic carbocycles. The fourth-order valence-corrected chi connectivity index (χ4v) is 2.66. The normalized spacial score (nSPS) is 10.8. The number of hydrogen-bond donors (Lipinski definition) is 2. The lowest BCUT2D eigenvalue weighted by atomic mass is 10.2. The molecule has 0 saturated heterocycles. The van der Waals surface area contributed by atoms with Crippen LogP contribution in [-0.2, 0) is 10.0 Å². The third-order valence-corrected chi connectivity index (χ3v) is 4.09. The highest BCUT2D eigenvalue weighted by atomic mass is 32.2. The van der Waals surface area contributed by atoms with Gasteiger partial charge in [0, 0.05) is 6.54 Å². The molecule has 0 aliphatic carbocycles. The Balaban J connectivity index is 3.07.